The predicted octanol–water partition coefficient (Wildman–Crippen LogP) is 4.99. The van der Waals surface area contributed by atoms with Gasteiger partial charge in [0.2, 0.25) is 0 Å². The molecule has 0 aromatic rings. The molecule has 4 fully saturated rings. The lowest BCUT2D eigenvalue weighted by molar-refractivity contribution is 0.101. The second-order valence-electron chi connectivity index (χ2n) is 8.07. The van der Waals surface area contributed by atoms with Gasteiger partial charge in [0.05, 0.1) is 0 Å². The van der Waals surface area contributed by atoms with Crippen molar-refractivity contribution < 1.29 is 0 Å². The van der Waals surface area contributed by atoms with Crippen LogP contribution in [0.2, 0.25) is 0 Å². The van der Waals surface area contributed by atoms with Crippen molar-refractivity contribution in [3.05, 3.63) is 0 Å². The summed E-state index contributed by atoms with van der Waals surface area (Å²) in [6.45, 7) is 9.97. The monoisotopic (exact) mass is 234 g/mol. The Morgan fingerprint density at radius 3 is 1.24 bits per heavy atom. The fourth-order valence-corrected chi connectivity index (χ4v) is 6.19. The van der Waals surface area contributed by atoms with Crippen LogP contribution in [0.25, 0.3) is 0 Å². The SMILES string of the molecule is CC(C)[C@@H]1C2CC3CC(C2)CC(C3)[C@@H]1C(C)C. The van der Waals surface area contributed by atoms with Crippen LogP contribution in [0.5, 0.6) is 0 Å². The van der Waals surface area contributed by atoms with Crippen LogP contribution in [0.3, 0.4) is 0 Å². The molecule has 0 aromatic carbocycles. The zero-order chi connectivity index (χ0) is 12.2. The lowest BCUT2D eigenvalue weighted by Crippen LogP contribution is -2.32. The van der Waals surface area contributed by atoms with E-state index in [-0.39, 0.29) is 0 Å². The Kier molecular flexibility index (Phi) is 3.04. The molecule has 0 saturated heterocycles. The van der Waals surface area contributed by atoms with E-state index in [2.05, 4.69) is 27.7 Å². The maximum atomic E-state index is 2.49. The lowest BCUT2D eigenvalue weighted by atomic mass is 9.66. The van der Waals surface area contributed by atoms with E-state index < -0.39 is 0 Å². The fraction of sp³-hybridized carbons (Fsp3) is 1.00. The number of hydrogen-bond acceptors (Lipinski definition) is 0. The van der Waals surface area contributed by atoms with Crippen LogP contribution < -0.4 is 0 Å². The van der Waals surface area contributed by atoms with Crippen molar-refractivity contribution in [2.75, 3.05) is 0 Å². The largest absolute Gasteiger partial charge is 0.0625 e. The molecule has 98 valence electrons. The van der Waals surface area contributed by atoms with Gasteiger partial charge in [-0.05, 0) is 79.4 Å². The van der Waals surface area contributed by atoms with Crippen molar-refractivity contribution in [3.63, 3.8) is 0 Å². The molecule has 0 heteroatoms. The summed E-state index contributed by atoms with van der Waals surface area (Å²) < 4.78 is 0. The van der Waals surface area contributed by atoms with Gasteiger partial charge in [-0.3, -0.25) is 0 Å². The van der Waals surface area contributed by atoms with Crippen molar-refractivity contribution in [1.82, 2.24) is 0 Å². The van der Waals surface area contributed by atoms with Crippen LogP contribution in [-0.2, 0) is 0 Å². The van der Waals surface area contributed by atoms with Crippen molar-refractivity contribution in [2.45, 2.75) is 59.8 Å². The third-order valence-corrected chi connectivity index (χ3v) is 6.28. The first-order valence-corrected chi connectivity index (χ1v) is 8.06. The van der Waals surface area contributed by atoms with E-state index >= 15 is 0 Å². The summed E-state index contributed by atoms with van der Waals surface area (Å²) in [7, 11) is 0. The van der Waals surface area contributed by atoms with Crippen molar-refractivity contribution >= 4 is 0 Å². The van der Waals surface area contributed by atoms with Gasteiger partial charge in [-0.1, -0.05) is 27.7 Å². The van der Waals surface area contributed by atoms with Crippen LogP contribution in [-0.4, -0.2) is 0 Å². The molecule has 0 amide bonds. The first-order chi connectivity index (χ1) is 8.06. The van der Waals surface area contributed by atoms with Gasteiger partial charge >= 0.3 is 0 Å². The molecular weight excluding hydrogens is 204 g/mol. The molecule has 4 rings (SSSR count). The molecule has 0 radical (unpaired) electrons. The molecule has 4 aliphatic carbocycles. The summed E-state index contributed by atoms with van der Waals surface area (Å²) in [5.41, 5.74) is 0. The molecule has 0 N–H and O–H groups in total. The van der Waals surface area contributed by atoms with Crippen molar-refractivity contribution in [1.29, 1.82) is 0 Å². The van der Waals surface area contributed by atoms with Gasteiger partial charge in [0.15, 0.2) is 0 Å². The van der Waals surface area contributed by atoms with E-state index in [0.717, 1.165) is 47.3 Å². The van der Waals surface area contributed by atoms with E-state index in [1.54, 1.807) is 32.1 Å². The highest BCUT2D eigenvalue weighted by Crippen LogP contribution is 2.58. The Hall–Kier alpha value is 0. The smallest absolute Gasteiger partial charge is 0.0329 e. The van der Waals surface area contributed by atoms with Crippen LogP contribution in [0.15, 0.2) is 0 Å². The van der Waals surface area contributed by atoms with E-state index in [0.29, 0.717) is 0 Å². The highest BCUT2D eigenvalue weighted by Gasteiger charge is 2.49. The van der Waals surface area contributed by atoms with Crippen LogP contribution in [0.4, 0.5) is 0 Å². The third kappa shape index (κ3) is 1.96. The molecule has 4 aliphatic rings. The molecule has 4 atom stereocenters. The number of rotatable bonds is 2. The fourth-order valence-electron chi connectivity index (χ4n) is 6.19. The molecule has 0 aliphatic heterocycles. The topological polar surface area (TPSA) is 0 Å². The summed E-state index contributed by atoms with van der Waals surface area (Å²) in [5, 5.41) is 0. The number of fused-ring (bicyclic) bond motifs is 1. The average Bonchev–Trinajstić information content (AvgIpc) is 2.39. The van der Waals surface area contributed by atoms with Crippen LogP contribution >= 0.6 is 0 Å². The van der Waals surface area contributed by atoms with Gasteiger partial charge in [0.25, 0.3) is 0 Å². The van der Waals surface area contributed by atoms with E-state index in [1.165, 1.54) is 0 Å². The summed E-state index contributed by atoms with van der Waals surface area (Å²) in [6.07, 6.45) is 7.92. The minimum absolute atomic E-state index is 0.908. The Bertz CT molecular complexity index is 238. The van der Waals surface area contributed by atoms with Gasteiger partial charge in [0.1, 0.15) is 0 Å². The Morgan fingerprint density at radius 1 is 0.588 bits per heavy atom. The van der Waals surface area contributed by atoms with E-state index in [4.69, 9.17) is 0 Å². The summed E-state index contributed by atoms with van der Waals surface area (Å²) >= 11 is 0. The first kappa shape index (κ1) is 12.1. The number of hydrogen-bond donors (Lipinski definition) is 0. The summed E-state index contributed by atoms with van der Waals surface area (Å²) in [4.78, 5) is 0. The van der Waals surface area contributed by atoms with Gasteiger partial charge in [0, 0.05) is 0 Å². The van der Waals surface area contributed by atoms with Gasteiger partial charge < -0.3 is 0 Å². The molecule has 0 spiro atoms. The quantitative estimate of drug-likeness (QED) is 0.631. The van der Waals surface area contributed by atoms with Crippen LogP contribution in [0, 0.1) is 47.3 Å². The van der Waals surface area contributed by atoms with Gasteiger partial charge in [-0.15, -0.1) is 0 Å². The highest BCUT2D eigenvalue weighted by atomic mass is 14.5. The Labute approximate surface area is 108 Å². The van der Waals surface area contributed by atoms with E-state index in [1.807, 2.05) is 0 Å². The molecule has 0 aromatic heterocycles. The van der Waals surface area contributed by atoms with Crippen molar-refractivity contribution in [2.24, 2.45) is 47.3 Å². The standard InChI is InChI=1S/C17H30/c1-10(2)16-14-6-12-5-13(7-14)9-15(8-12)17(16)11(3)4/h10-17H,5-9H2,1-4H3/t12?,13?,14?,15?,16-,17+. The Morgan fingerprint density at radius 2 is 0.941 bits per heavy atom. The summed E-state index contributed by atoms with van der Waals surface area (Å²) in [5.74, 6) is 8.28. The highest BCUT2D eigenvalue weighted by molar-refractivity contribution is 4.99. The zero-order valence-electron chi connectivity index (χ0n) is 12.2. The van der Waals surface area contributed by atoms with Crippen molar-refractivity contribution in [3.8, 4) is 0 Å². The maximum absolute atomic E-state index is 2.49. The average molecular weight is 234 g/mol. The zero-order valence-corrected chi connectivity index (χ0v) is 12.2. The molecule has 0 heterocycles. The molecular formula is C17H30. The second kappa shape index (κ2) is 4.28. The molecule has 4 saturated carbocycles. The normalized spacial score (nSPS) is 49.1. The lowest BCUT2D eigenvalue weighted by Gasteiger charge is -2.39. The minimum Gasteiger partial charge on any atom is -0.0625 e. The third-order valence-electron chi connectivity index (χ3n) is 6.28. The van der Waals surface area contributed by atoms with Crippen LogP contribution in [0.1, 0.15) is 59.8 Å². The Balaban J connectivity index is 1.95. The predicted molar refractivity (Wildman–Crippen MR) is 73.7 cm³/mol. The van der Waals surface area contributed by atoms with Gasteiger partial charge in [-0.25, -0.2) is 0 Å². The van der Waals surface area contributed by atoms with Gasteiger partial charge in [-0.2, -0.15) is 0 Å². The van der Waals surface area contributed by atoms with E-state index in [9.17, 15) is 0 Å². The summed E-state index contributed by atoms with van der Waals surface area (Å²) in [6, 6.07) is 0. The molecule has 4 bridgehead atoms. The molecule has 0 nitrogen and oxygen atoms in total. The molecule has 17 heavy (non-hydrogen) atoms. The molecule has 2 unspecified atom stereocenters. The maximum Gasteiger partial charge on any atom is -0.0329 e. The minimum atomic E-state index is 0.908. The first-order valence-electron chi connectivity index (χ1n) is 8.06. The second-order valence-corrected chi connectivity index (χ2v) is 8.07.